The van der Waals surface area contributed by atoms with Crippen molar-refractivity contribution < 1.29 is 9.13 Å². The Morgan fingerprint density at radius 1 is 1.15 bits per heavy atom. The number of hydrogen-bond donors (Lipinski definition) is 3. The standard InChI is InChI=1S/C14H15ClFN3O/c15-12-10(17)8-11(18)14(13(12)16)19-6-7-20-9-4-2-1-3-5-9/h1-5,8,19H,6-7,17-18H2. The number of hydrogen-bond acceptors (Lipinski definition) is 4. The van der Waals surface area contributed by atoms with Gasteiger partial charge in [-0.05, 0) is 18.2 Å². The van der Waals surface area contributed by atoms with Gasteiger partial charge in [-0.2, -0.15) is 0 Å². The maximum absolute atomic E-state index is 13.9. The van der Waals surface area contributed by atoms with Crippen molar-refractivity contribution in [3.8, 4) is 5.75 Å². The molecule has 0 heterocycles. The minimum atomic E-state index is -0.649. The summed E-state index contributed by atoms with van der Waals surface area (Å²) in [6.07, 6.45) is 0. The molecule has 0 aromatic heterocycles. The van der Waals surface area contributed by atoms with Gasteiger partial charge >= 0.3 is 0 Å². The molecule has 0 fully saturated rings. The first-order chi connectivity index (χ1) is 9.59. The third-order valence-electron chi connectivity index (χ3n) is 2.68. The molecule has 5 N–H and O–H groups in total. The second-order valence-electron chi connectivity index (χ2n) is 4.15. The number of rotatable bonds is 5. The third kappa shape index (κ3) is 3.24. The summed E-state index contributed by atoms with van der Waals surface area (Å²) in [5.74, 6) is 0.0990. The molecule has 0 aliphatic heterocycles. The van der Waals surface area contributed by atoms with Gasteiger partial charge < -0.3 is 21.5 Å². The fourth-order valence-electron chi connectivity index (χ4n) is 1.71. The van der Waals surface area contributed by atoms with E-state index in [9.17, 15) is 4.39 Å². The smallest absolute Gasteiger partial charge is 0.169 e. The quantitative estimate of drug-likeness (QED) is 0.585. The Balaban J connectivity index is 1.93. The lowest BCUT2D eigenvalue weighted by atomic mass is 10.2. The van der Waals surface area contributed by atoms with E-state index in [1.54, 1.807) is 0 Å². The third-order valence-corrected chi connectivity index (χ3v) is 3.07. The van der Waals surface area contributed by atoms with Crippen LogP contribution in [0.1, 0.15) is 0 Å². The molecule has 0 aliphatic rings. The fourth-order valence-corrected chi connectivity index (χ4v) is 1.86. The molecule has 6 heteroatoms. The number of ether oxygens (including phenoxy) is 1. The van der Waals surface area contributed by atoms with Crippen molar-refractivity contribution in [2.75, 3.05) is 29.9 Å². The van der Waals surface area contributed by atoms with Crippen molar-refractivity contribution in [3.05, 3.63) is 47.2 Å². The van der Waals surface area contributed by atoms with E-state index in [4.69, 9.17) is 27.8 Å². The molecular weight excluding hydrogens is 281 g/mol. The molecule has 0 bridgehead atoms. The summed E-state index contributed by atoms with van der Waals surface area (Å²) in [5.41, 5.74) is 11.7. The first-order valence-electron chi connectivity index (χ1n) is 6.04. The van der Waals surface area contributed by atoms with Crippen molar-refractivity contribution >= 4 is 28.7 Å². The van der Waals surface area contributed by atoms with Gasteiger partial charge in [0.25, 0.3) is 0 Å². The average Bonchev–Trinajstić information content (AvgIpc) is 2.45. The fraction of sp³-hybridized carbons (Fsp3) is 0.143. The van der Waals surface area contributed by atoms with Gasteiger partial charge in [0.1, 0.15) is 17.4 Å². The number of nitrogen functional groups attached to an aromatic ring is 2. The molecule has 0 aliphatic carbocycles. The van der Waals surface area contributed by atoms with Crippen LogP contribution in [0.3, 0.4) is 0 Å². The maximum atomic E-state index is 13.9. The highest BCUT2D eigenvalue weighted by molar-refractivity contribution is 6.33. The number of anilines is 3. The van der Waals surface area contributed by atoms with E-state index in [0.29, 0.717) is 13.2 Å². The first kappa shape index (κ1) is 14.3. The van der Waals surface area contributed by atoms with Crippen LogP contribution < -0.4 is 21.5 Å². The monoisotopic (exact) mass is 295 g/mol. The molecule has 4 nitrogen and oxygen atoms in total. The van der Waals surface area contributed by atoms with Crippen LogP contribution in [0, 0.1) is 5.82 Å². The molecule has 0 amide bonds. The Bertz CT molecular complexity index is 593. The van der Waals surface area contributed by atoms with E-state index < -0.39 is 5.82 Å². The molecule has 0 spiro atoms. The van der Waals surface area contributed by atoms with Gasteiger partial charge in [0.15, 0.2) is 5.82 Å². The summed E-state index contributed by atoms with van der Waals surface area (Å²) in [7, 11) is 0. The predicted molar refractivity (Wildman–Crippen MR) is 80.7 cm³/mol. The summed E-state index contributed by atoms with van der Waals surface area (Å²) in [4.78, 5) is 0. The van der Waals surface area contributed by atoms with Crippen molar-refractivity contribution in [3.63, 3.8) is 0 Å². The molecule has 0 unspecified atom stereocenters. The molecule has 2 aromatic carbocycles. The van der Waals surface area contributed by atoms with Gasteiger partial charge in [0.05, 0.1) is 17.1 Å². The highest BCUT2D eigenvalue weighted by atomic mass is 35.5. The number of para-hydroxylation sites is 1. The highest BCUT2D eigenvalue weighted by Gasteiger charge is 2.13. The summed E-state index contributed by atoms with van der Waals surface area (Å²) >= 11 is 5.74. The van der Waals surface area contributed by atoms with Crippen LogP contribution in [0.2, 0.25) is 5.02 Å². The lowest BCUT2D eigenvalue weighted by Gasteiger charge is -2.13. The molecule has 2 rings (SSSR count). The van der Waals surface area contributed by atoms with Gasteiger partial charge in [-0.1, -0.05) is 29.8 Å². The number of nitrogens with two attached hydrogens (primary N) is 2. The van der Waals surface area contributed by atoms with Gasteiger partial charge in [0, 0.05) is 6.54 Å². The van der Waals surface area contributed by atoms with E-state index in [1.165, 1.54) is 6.07 Å². The Hall–Kier alpha value is -2.14. The van der Waals surface area contributed by atoms with Crippen LogP contribution in [0.15, 0.2) is 36.4 Å². The normalized spacial score (nSPS) is 10.3. The molecule has 0 radical (unpaired) electrons. The van der Waals surface area contributed by atoms with E-state index in [1.807, 2.05) is 30.3 Å². The summed E-state index contributed by atoms with van der Waals surface area (Å²) < 4.78 is 19.4. The molecule has 2 aromatic rings. The summed E-state index contributed by atoms with van der Waals surface area (Å²) in [6, 6.07) is 10.8. The van der Waals surface area contributed by atoms with Crippen molar-refractivity contribution in [2.45, 2.75) is 0 Å². The number of nitrogens with one attached hydrogen (secondary N) is 1. The minimum Gasteiger partial charge on any atom is -0.492 e. The van der Waals surface area contributed by atoms with Crippen LogP contribution in [0.4, 0.5) is 21.5 Å². The molecular formula is C14H15ClFN3O. The van der Waals surface area contributed by atoms with Crippen LogP contribution in [-0.4, -0.2) is 13.2 Å². The topological polar surface area (TPSA) is 73.3 Å². The second kappa shape index (κ2) is 6.34. The predicted octanol–water partition coefficient (Wildman–Crippen LogP) is 3.13. The second-order valence-corrected chi connectivity index (χ2v) is 4.52. The van der Waals surface area contributed by atoms with Crippen molar-refractivity contribution in [1.82, 2.24) is 0 Å². The van der Waals surface area contributed by atoms with Crippen LogP contribution >= 0.6 is 11.6 Å². The maximum Gasteiger partial charge on any atom is 0.169 e. The number of benzene rings is 2. The van der Waals surface area contributed by atoms with Gasteiger partial charge in [-0.15, -0.1) is 0 Å². The molecule has 106 valence electrons. The average molecular weight is 296 g/mol. The van der Waals surface area contributed by atoms with E-state index >= 15 is 0 Å². The zero-order chi connectivity index (χ0) is 14.5. The minimum absolute atomic E-state index is 0.118. The Labute approximate surface area is 121 Å². The van der Waals surface area contributed by atoms with Crippen molar-refractivity contribution in [2.24, 2.45) is 0 Å². The van der Waals surface area contributed by atoms with E-state index in [-0.39, 0.29) is 22.1 Å². The van der Waals surface area contributed by atoms with Crippen molar-refractivity contribution in [1.29, 1.82) is 0 Å². The zero-order valence-electron chi connectivity index (χ0n) is 10.7. The van der Waals surface area contributed by atoms with Crippen LogP contribution in [0.5, 0.6) is 5.75 Å². The largest absolute Gasteiger partial charge is 0.492 e. The van der Waals surface area contributed by atoms with Gasteiger partial charge in [-0.3, -0.25) is 0 Å². The lowest BCUT2D eigenvalue weighted by Crippen LogP contribution is -2.14. The Kier molecular flexibility index (Phi) is 4.53. The molecule has 0 atom stereocenters. The molecule has 0 saturated carbocycles. The highest BCUT2D eigenvalue weighted by Crippen LogP contribution is 2.33. The number of halogens is 2. The van der Waals surface area contributed by atoms with Gasteiger partial charge in [-0.25, -0.2) is 4.39 Å². The first-order valence-corrected chi connectivity index (χ1v) is 6.42. The molecule has 20 heavy (non-hydrogen) atoms. The van der Waals surface area contributed by atoms with Gasteiger partial charge in [0.2, 0.25) is 0 Å². The lowest BCUT2D eigenvalue weighted by molar-refractivity contribution is 0.333. The van der Waals surface area contributed by atoms with E-state index in [2.05, 4.69) is 5.32 Å². The summed E-state index contributed by atoms with van der Waals surface area (Å²) in [6.45, 7) is 0.751. The SMILES string of the molecule is Nc1cc(N)c(NCCOc2ccccc2)c(F)c1Cl. The van der Waals surface area contributed by atoms with Crippen LogP contribution in [0.25, 0.3) is 0 Å². The zero-order valence-corrected chi connectivity index (χ0v) is 11.5. The summed E-state index contributed by atoms with van der Waals surface area (Å²) in [5, 5.41) is 2.72. The van der Waals surface area contributed by atoms with E-state index in [0.717, 1.165) is 5.75 Å². The Morgan fingerprint density at radius 2 is 1.85 bits per heavy atom. The molecule has 0 saturated heterocycles. The Morgan fingerprint density at radius 3 is 2.55 bits per heavy atom. The van der Waals surface area contributed by atoms with Crippen LogP contribution in [-0.2, 0) is 0 Å².